The van der Waals surface area contributed by atoms with Crippen LogP contribution in [0.5, 0.6) is 0 Å². The smallest absolute Gasteiger partial charge is 0.231 e. The zero-order chi connectivity index (χ0) is 18.7. The molecule has 0 radical (unpaired) electrons. The number of likely N-dealkylation sites (tertiary alicyclic amines) is 1. The van der Waals surface area contributed by atoms with Crippen LogP contribution >= 0.6 is 11.3 Å². The van der Waals surface area contributed by atoms with Gasteiger partial charge in [-0.25, -0.2) is 0 Å². The molecule has 7 heteroatoms. The summed E-state index contributed by atoms with van der Waals surface area (Å²) in [6.07, 6.45) is 1.09. The molecule has 3 rings (SSSR count). The maximum atomic E-state index is 12.5. The number of aryl methyl sites for hydroxylation is 1. The van der Waals surface area contributed by atoms with Crippen molar-refractivity contribution < 1.29 is 9.59 Å². The molecule has 2 aromatic rings. The van der Waals surface area contributed by atoms with Crippen molar-refractivity contribution in [2.45, 2.75) is 40.2 Å². The molecule has 0 spiro atoms. The van der Waals surface area contributed by atoms with Gasteiger partial charge in [0.2, 0.25) is 16.9 Å². The molecule has 26 heavy (non-hydrogen) atoms. The minimum atomic E-state index is -0.342. The van der Waals surface area contributed by atoms with Crippen LogP contribution in [0.15, 0.2) is 24.3 Å². The molecule has 0 saturated carbocycles. The van der Waals surface area contributed by atoms with Gasteiger partial charge in [-0.05, 0) is 18.4 Å². The Labute approximate surface area is 157 Å². The van der Waals surface area contributed by atoms with E-state index < -0.39 is 0 Å². The van der Waals surface area contributed by atoms with Crippen LogP contribution < -0.4 is 5.32 Å². The monoisotopic (exact) mass is 372 g/mol. The van der Waals surface area contributed by atoms with E-state index in [0.29, 0.717) is 24.1 Å². The van der Waals surface area contributed by atoms with Crippen LogP contribution in [0.25, 0.3) is 0 Å². The lowest BCUT2D eigenvalue weighted by Gasteiger charge is -2.16. The number of hydrogen-bond donors (Lipinski definition) is 1. The third kappa shape index (κ3) is 4.66. The lowest BCUT2D eigenvalue weighted by molar-refractivity contribution is -0.128. The highest BCUT2D eigenvalue weighted by Gasteiger charge is 2.34. The van der Waals surface area contributed by atoms with Crippen LogP contribution in [0.1, 0.15) is 36.4 Å². The molecule has 138 valence electrons. The summed E-state index contributed by atoms with van der Waals surface area (Å²) in [5.74, 6) is 0.0140. The predicted octanol–water partition coefficient (Wildman–Crippen LogP) is 3.03. The molecule has 1 atom stereocenters. The summed E-state index contributed by atoms with van der Waals surface area (Å²) >= 11 is 1.40. The van der Waals surface area contributed by atoms with Gasteiger partial charge in [-0.15, -0.1) is 10.2 Å². The normalized spacial score (nSPS) is 17.2. The summed E-state index contributed by atoms with van der Waals surface area (Å²) in [7, 11) is 0. The van der Waals surface area contributed by atoms with E-state index in [2.05, 4.69) is 29.4 Å². The summed E-state index contributed by atoms with van der Waals surface area (Å²) in [5, 5.41) is 12.4. The third-order valence-electron chi connectivity index (χ3n) is 4.36. The highest BCUT2D eigenvalue weighted by Crippen LogP contribution is 2.24. The van der Waals surface area contributed by atoms with Crippen LogP contribution in [0.4, 0.5) is 5.13 Å². The number of aromatic nitrogens is 2. The number of carbonyl (C=O) groups is 2. The van der Waals surface area contributed by atoms with E-state index in [9.17, 15) is 9.59 Å². The number of nitrogens with zero attached hydrogens (tertiary/aromatic N) is 3. The number of amides is 2. The summed E-state index contributed by atoms with van der Waals surface area (Å²) in [6.45, 7) is 7.25. The first-order chi connectivity index (χ1) is 12.4. The van der Waals surface area contributed by atoms with E-state index >= 15 is 0 Å². The lowest BCUT2D eigenvalue weighted by Crippen LogP contribution is -2.28. The minimum absolute atomic E-state index is 0.0171. The molecule has 1 N–H and O–H groups in total. The molecular formula is C19H24N4O2S. The van der Waals surface area contributed by atoms with E-state index in [4.69, 9.17) is 0 Å². The SMILES string of the molecule is Cc1ccc(CN2CC(C(=O)Nc3nnc(CC(C)C)s3)CC2=O)cc1. The van der Waals surface area contributed by atoms with E-state index in [1.807, 2.05) is 31.2 Å². The zero-order valence-corrected chi connectivity index (χ0v) is 16.2. The highest BCUT2D eigenvalue weighted by atomic mass is 32.1. The first-order valence-corrected chi connectivity index (χ1v) is 9.69. The Hall–Kier alpha value is -2.28. The maximum Gasteiger partial charge on any atom is 0.231 e. The molecular weight excluding hydrogens is 348 g/mol. The summed E-state index contributed by atoms with van der Waals surface area (Å²) in [5.41, 5.74) is 2.26. The van der Waals surface area contributed by atoms with Gasteiger partial charge in [0.1, 0.15) is 5.01 Å². The van der Waals surface area contributed by atoms with E-state index in [0.717, 1.165) is 17.0 Å². The van der Waals surface area contributed by atoms with Crippen molar-refractivity contribution >= 4 is 28.3 Å². The first-order valence-electron chi connectivity index (χ1n) is 8.87. The molecule has 1 aromatic carbocycles. The van der Waals surface area contributed by atoms with Crippen molar-refractivity contribution in [3.63, 3.8) is 0 Å². The molecule has 1 aliphatic heterocycles. The minimum Gasteiger partial charge on any atom is -0.338 e. The number of carbonyl (C=O) groups excluding carboxylic acids is 2. The molecule has 1 unspecified atom stereocenters. The van der Waals surface area contributed by atoms with Crippen LogP contribution in [-0.4, -0.2) is 33.5 Å². The first kappa shape index (κ1) is 18.5. The average Bonchev–Trinajstić information content (AvgIpc) is 3.16. The van der Waals surface area contributed by atoms with Crippen molar-refractivity contribution in [1.29, 1.82) is 0 Å². The number of anilines is 1. The zero-order valence-electron chi connectivity index (χ0n) is 15.4. The summed E-state index contributed by atoms with van der Waals surface area (Å²) in [4.78, 5) is 26.5. The van der Waals surface area contributed by atoms with Gasteiger partial charge < -0.3 is 10.2 Å². The van der Waals surface area contributed by atoms with Gasteiger partial charge in [-0.2, -0.15) is 0 Å². The van der Waals surface area contributed by atoms with Crippen molar-refractivity contribution in [2.24, 2.45) is 11.8 Å². The van der Waals surface area contributed by atoms with Crippen molar-refractivity contribution in [3.05, 3.63) is 40.4 Å². The Morgan fingerprint density at radius 1 is 1.31 bits per heavy atom. The Balaban J connectivity index is 1.56. The topological polar surface area (TPSA) is 75.2 Å². The number of nitrogens with one attached hydrogen (secondary N) is 1. The fraction of sp³-hybridized carbons (Fsp3) is 0.474. The second-order valence-corrected chi connectivity index (χ2v) is 8.31. The lowest BCUT2D eigenvalue weighted by atomic mass is 10.1. The number of benzene rings is 1. The van der Waals surface area contributed by atoms with Crippen LogP contribution in [0, 0.1) is 18.8 Å². The second kappa shape index (κ2) is 7.95. The summed E-state index contributed by atoms with van der Waals surface area (Å²) < 4.78 is 0. The standard InChI is InChI=1S/C19H24N4O2S/c1-12(2)8-16-21-22-19(26-16)20-18(25)15-9-17(24)23(11-15)10-14-6-4-13(3)5-7-14/h4-7,12,15H,8-11H2,1-3H3,(H,20,22,25). The predicted molar refractivity (Wildman–Crippen MR) is 102 cm³/mol. The van der Waals surface area contributed by atoms with Gasteiger partial charge in [0.15, 0.2) is 0 Å². The average molecular weight is 372 g/mol. The van der Waals surface area contributed by atoms with Crippen LogP contribution in [-0.2, 0) is 22.6 Å². The van der Waals surface area contributed by atoms with Gasteiger partial charge in [0, 0.05) is 25.9 Å². The molecule has 6 nitrogen and oxygen atoms in total. The number of hydrogen-bond acceptors (Lipinski definition) is 5. The molecule has 2 heterocycles. The van der Waals surface area contributed by atoms with Gasteiger partial charge in [-0.1, -0.05) is 55.0 Å². The Morgan fingerprint density at radius 2 is 2.04 bits per heavy atom. The van der Waals surface area contributed by atoms with Gasteiger partial charge >= 0.3 is 0 Å². The van der Waals surface area contributed by atoms with Crippen molar-refractivity contribution in [2.75, 3.05) is 11.9 Å². The largest absolute Gasteiger partial charge is 0.338 e. The third-order valence-corrected chi connectivity index (χ3v) is 5.22. The number of rotatable bonds is 6. The van der Waals surface area contributed by atoms with Gasteiger partial charge in [0.05, 0.1) is 5.92 Å². The quantitative estimate of drug-likeness (QED) is 0.846. The van der Waals surface area contributed by atoms with E-state index in [1.54, 1.807) is 4.90 Å². The van der Waals surface area contributed by atoms with E-state index in [-0.39, 0.29) is 24.2 Å². The highest BCUT2D eigenvalue weighted by molar-refractivity contribution is 7.15. The summed E-state index contributed by atoms with van der Waals surface area (Å²) in [6, 6.07) is 8.11. The van der Waals surface area contributed by atoms with Crippen molar-refractivity contribution in [1.82, 2.24) is 15.1 Å². The second-order valence-electron chi connectivity index (χ2n) is 7.25. The Morgan fingerprint density at radius 3 is 2.73 bits per heavy atom. The van der Waals surface area contributed by atoms with Gasteiger partial charge in [0.25, 0.3) is 0 Å². The molecule has 1 aromatic heterocycles. The maximum absolute atomic E-state index is 12.5. The molecule has 0 bridgehead atoms. The molecule has 1 fully saturated rings. The van der Waals surface area contributed by atoms with Crippen molar-refractivity contribution in [3.8, 4) is 0 Å². The molecule has 1 aliphatic rings. The Bertz CT molecular complexity index is 785. The molecule has 0 aliphatic carbocycles. The van der Waals surface area contributed by atoms with Crippen LogP contribution in [0.3, 0.4) is 0 Å². The van der Waals surface area contributed by atoms with Gasteiger partial charge in [-0.3, -0.25) is 9.59 Å². The molecule has 1 saturated heterocycles. The van der Waals surface area contributed by atoms with Crippen LogP contribution in [0.2, 0.25) is 0 Å². The molecule has 2 amide bonds. The Kier molecular flexibility index (Phi) is 5.66. The fourth-order valence-corrected chi connectivity index (χ4v) is 3.91. The van der Waals surface area contributed by atoms with E-state index in [1.165, 1.54) is 16.9 Å². The fourth-order valence-electron chi connectivity index (χ4n) is 2.96.